The number of nitrogens with zero attached hydrogens (tertiary/aromatic N) is 1. The summed E-state index contributed by atoms with van der Waals surface area (Å²) in [6, 6.07) is 69.0. The van der Waals surface area contributed by atoms with Gasteiger partial charge in [0.05, 0.1) is 5.69 Å². The van der Waals surface area contributed by atoms with E-state index in [4.69, 9.17) is 0 Å². The predicted octanol–water partition coefficient (Wildman–Crippen LogP) is 15.4. The zero-order valence-corrected chi connectivity index (χ0v) is 31.9. The normalized spacial score (nSPS) is 14.1. The van der Waals surface area contributed by atoms with E-state index < -0.39 is 0 Å². The molecule has 8 aromatic carbocycles. The van der Waals surface area contributed by atoms with Crippen molar-refractivity contribution in [3.05, 3.63) is 217 Å². The quantitative estimate of drug-likeness (QED) is 0.159. The average Bonchev–Trinajstić information content (AvgIpc) is 3.50. The minimum absolute atomic E-state index is 0.00783. The first kappa shape index (κ1) is 33.8. The van der Waals surface area contributed by atoms with Gasteiger partial charge in [0, 0.05) is 22.4 Å². The summed E-state index contributed by atoms with van der Waals surface area (Å²) >= 11 is 0. The third-order valence-electron chi connectivity index (χ3n) is 12.0. The van der Waals surface area contributed by atoms with E-state index in [0.29, 0.717) is 0 Å². The Morgan fingerprint density at radius 2 is 1.09 bits per heavy atom. The summed E-state index contributed by atoms with van der Waals surface area (Å²) in [6.45, 7) is 4.82. The summed E-state index contributed by atoms with van der Waals surface area (Å²) in [7, 11) is 0. The fraction of sp³-hybridized carbons (Fsp3) is 0.0909. The lowest BCUT2D eigenvalue weighted by molar-refractivity contribution is 0.607. The van der Waals surface area contributed by atoms with E-state index >= 15 is 0 Å². The Morgan fingerprint density at radius 1 is 0.446 bits per heavy atom. The third-order valence-corrected chi connectivity index (χ3v) is 12.0. The minimum atomic E-state index is -0.00783. The molecule has 0 aromatic heterocycles. The predicted molar refractivity (Wildman–Crippen MR) is 239 cm³/mol. The molecule has 1 nitrogen and oxygen atoms in total. The Bertz CT molecular complexity index is 2820. The van der Waals surface area contributed by atoms with Gasteiger partial charge in [-0.3, -0.25) is 0 Å². The van der Waals surface area contributed by atoms with Gasteiger partial charge in [-0.25, -0.2) is 0 Å². The molecule has 8 aromatic rings. The molecule has 2 aliphatic rings. The second-order valence-corrected chi connectivity index (χ2v) is 15.6. The molecule has 268 valence electrons. The van der Waals surface area contributed by atoms with Crippen molar-refractivity contribution in [1.82, 2.24) is 0 Å². The molecular weight excluding hydrogens is 675 g/mol. The number of anilines is 3. The molecule has 0 radical (unpaired) electrons. The van der Waals surface area contributed by atoms with Crippen LogP contribution in [0.15, 0.2) is 206 Å². The van der Waals surface area contributed by atoms with Crippen LogP contribution in [0.5, 0.6) is 0 Å². The molecular formula is C55H43N. The Morgan fingerprint density at radius 3 is 1.91 bits per heavy atom. The van der Waals surface area contributed by atoms with Crippen molar-refractivity contribution in [1.29, 1.82) is 0 Å². The summed E-state index contributed by atoms with van der Waals surface area (Å²) in [4.78, 5) is 2.48. The number of allylic oxidation sites excluding steroid dienone is 4. The minimum Gasteiger partial charge on any atom is -0.310 e. The Balaban J connectivity index is 1.21. The summed E-state index contributed by atoms with van der Waals surface area (Å²) in [5, 5.41) is 2.49. The van der Waals surface area contributed by atoms with Crippen molar-refractivity contribution in [3.8, 4) is 44.5 Å². The fourth-order valence-corrected chi connectivity index (χ4v) is 9.21. The van der Waals surface area contributed by atoms with Crippen LogP contribution in [-0.2, 0) is 5.41 Å². The van der Waals surface area contributed by atoms with Crippen LogP contribution < -0.4 is 4.90 Å². The van der Waals surface area contributed by atoms with Crippen molar-refractivity contribution >= 4 is 33.4 Å². The van der Waals surface area contributed by atoms with Crippen LogP contribution in [0.1, 0.15) is 37.8 Å². The largest absolute Gasteiger partial charge is 0.310 e. The van der Waals surface area contributed by atoms with Gasteiger partial charge < -0.3 is 4.90 Å². The maximum Gasteiger partial charge on any atom is 0.0540 e. The summed E-state index contributed by atoms with van der Waals surface area (Å²) < 4.78 is 0. The highest BCUT2D eigenvalue weighted by Crippen LogP contribution is 2.54. The van der Waals surface area contributed by atoms with Crippen molar-refractivity contribution in [2.24, 2.45) is 0 Å². The van der Waals surface area contributed by atoms with Gasteiger partial charge in [0.2, 0.25) is 0 Å². The maximum absolute atomic E-state index is 2.48. The number of para-hydroxylation sites is 1. The van der Waals surface area contributed by atoms with E-state index in [1.807, 2.05) is 0 Å². The Hall–Kier alpha value is -6.70. The average molecular weight is 718 g/mol. The smallest absolute Gasteiger partial charge is 0.0540 e. The van der Waals surface area contributed by atoms with Gasteiger partial charge in [0.1, 0.15) is 0 Å². The van der Waals surface area contributed by atoms with E-state index in [1.54, 1.807) is 5.57 Å². The van der Waals surface area contributed by atoms with Gasteiger partial charge in [0.25, 0.3) is 0 Å². The molecule has 0 bridgehead atoms. The van der Waals surface area contributed by atoms with Gasteiger partial charge in [-0.15, -0.1) is 0 Å². The van der Waals surface area contributed by atoms with Crippen LogP contribution in [0.3, 0.4) is 0 Å². The molecule has 56 heavy (non-hydrogen) atoms. The molecule has 0 amide bonds. The fourth-order valence-electron chi connectivity index (χ4n) is 9.21. The topological polar surface area (TPSA) is 3.24 Å². The van der Waals surface area contributed by atoms with E-state index in [2.05, 4.69) is 219 Å². The van der Waals surface area contributed by atoms with Crippen LogP contribution >= 0.6 is 0 Å². The van der Waals surface area contributed by atoms with Crippen LogP contribution in [-0.4, -0.2) is 0 Å². The number of rotatable bonds is 7. The molecule has 0 saturated carbocycles. The summed E-state index contributed by atoms with van der Waals surface area (Å²) in [5.41, 5.74) is 18.8. The Kier molecular flexibility index (Phi) is 8.37. The lowest BCUT2D eigenvalue weighted by Gasteiger charge is -2.30. The number of benzene rings is 8. The van der Waals surface area contributed by atoms with Crippen molar-refractivity contribution in [2.75, 3.05) is 4.90 Å². The molecule has 0 atom stereocenters. The lowest BCUT2D eigenvalue weighted by Crippen LogP contribution is -2.17. The van der Waals surface area contributed by atoms with Crippen molar-refractivity contribution in [2.45, 2.75) is 32.1 Å². The van der Waals surface area contributed by atoms with E-state index in [1.165, 1.54) is 72.0 Å². The monoisotopic (exact) mass is 717 g/mol. The molecule has 0 N–H and O–H groups in total. The number of fused-ring (bicyclic) bond motifs is 3. The van der Waals surface area contributed by atoms with Crippen LogP contribution in [0.2, 0.25) is 0 Å². The lowest BCUT2D eigenvalue weighted by atomic mass is 9.78. The van der Waals surface area contributed by atoms with Crippen LogP contribution in [0, 0.1) is 0 Å². The van der Waals surface area contributed by atoms with Gasteiger partial charge in [-0.2, -0.15) is 0 Å². The molecule has 0 fully saturated rings. The first-order chi connectivity index (χ1) is 27.5. The number of hydrogen-bond donors (Lipinski definition) is 0. The molecule has 0 aliphatic heterocycles. The molecule has 0 spiro atoms. The van der Waals surface area contributed by atoms with Crippen molar-refractivity contribution < 1.29 is 0 Å². The molecule has 2 aliphatic carbocycles. The highest BCUT2D eigenvalue weighted by atomic mass is 15.1. The van der Waals surface area contributed by atoms with E-state index in [-0.39, 0.29) is 5.41 Å². The molecule has 0 saturated heterocycles. The SMILES string of the molecule is CC1(C)C2=C(C=CCC2)c2c(-c3ccccc3N(c3cccc(-c4ccc5ccccc5c4)c3)c3ccc(-c4ccccc4)c(-c4ccccc4)c3)cccc21. The molecule has 0 unspecified atom stereocenters. The highest BCUT2D eigenvalue weighted by molar-refractivity contribution is 5.99. The number of hydrogen-bond acceptors (Lipinski definition) is 1. The summed E-state index contributed by atoms with van der Waals surface area (Å²) in [5.74, 6) is 0. The first-order valence-electron chi connectivity index (χ1n) is 19.8. The molecule has 0 heterocycles. The second-order valence-electron chi connectivity index (χ2n) is 15.6. The van der Waals surface area contributed by atoms with Crippen LogP contribution in [0.25, 0.3) is 60.9 Å². The van der Waals surface area contributed by atoms with Gasteiger partial charge >= 0.3 is 0 Å². The van der Waals surface area contributed by atoms with Gasteiger partial charge in [0.15, 0.2) is 0 Å². The molecule has 10 rings (SSSR count). The van der Waals surface area contributed by atoms with E-state index in [9.17, 15) is 0 Å². The maximum atomic E-state index is 2.48. The second kappa shape index (κ2) is 13.9. The van der Waals surface area contributed by atoms with E-state index in [0.717, 1.165) is 29.9 Å². The third kappa shape index (κ3) is 5.79. The van der Waals surface area contributed by atoms with Gasteiger partial charge in [-0.05, 0) is 116 Å². The zero-order valence-electron chi connectivity index (χ0n) is 31.9. The Labute approximate surface area is 330 Å². The highest BCUT2D eigenvalue weighted by Gasteiger charge is 2.39. The zero-order chi connectivity index (χ0) is 37.6. The standard InChI is InChI=1S/C55H43N/c1-55(2)51-28-13-11-26-49(51)54-48(27-16-29-52(54)55)47-25-12-14-30-53(47)56(44-24-15-23-42(36-44)43-32-31-38-17-9-10-22-41(38)35-43)45-33-34-46(39-18-5-3-6-19-39)50(37-45)40-20-7-4-8-21-40/h3-12,14-27,29-37H,13,28H2,1-2H3. The van der Waals surface area contributed by atoms with Crippen LogP contribution in [0.4, 0.5) is 17.1 Å². The van der Waals surface area contributed by atoms with Gasteiger partial charge in [-0.1, -0.05) is 183 Å². The first-order valence-corrected chi connectivity index (χ1v) is 19.8. The van der Waals surface area contributed by atoms with Crippen molar-refractivity contribution in [3.63, 3.8) is 0 Å². The molecule has 1 heteroatoms. The summed E-state index contributed by atoms with van der Waals surface area (Å²) in [6.07, 6.45) is 6.96.